The van der Waals surface area contributed by atoms with Crippen molar-refractivity contribution in [3.8, 4) is 11.3 Å². The minimum atomic E-state index is -0.377. The molecule has 0 unspecified atom stereocenters. The summed E-state index contributed by atoms with van der Waals surface area (Å²) < 4.78 is 13.1. The van der Waals surface area contributed by atoms with Gasteiger partial charge in [-0.25, -0.2) is 9.37 Å². The highest BCUT2D eigenvalue weighted by Crippen LogP contribution is 2.18. The van der Waals surface area contributed by atoms with Crippen LogP contribution in [0.5, 0.6) is 0 Å². The molecule has 0 N–H and O–H groups in total. The Labute approximate surface area is 91.8 Å². The lowest BCUT2D eigenvalue weighted by Gasteiger charge is -2.02. The van der Waals surface area contributed by atoms with Gasteiger partial charge in [-0.1, -0.05) is 0 Å². The number of pyridine rings is 2. The van der Waals surface area contributed by atoms with Gasteiger partial charge >= 0.3 is 0 Å². The largest absolute Gasteiger partial charge is 0.264 e. The van der Waals surface area contributed by atoms with Crippen LogP contribution in [0.4, 0.5) is 4.39 Å². The molecule has 0 aromatic carbocycles. The van der Waals surface area contributed by atoms with Gasteiger partial charge in [-0.05, 0) is 24.3 Å². The van der Waals surface area contributed by atoms with Gasteiger partial charge in [0, 0.05) is 18.0 Å². The zero-order valence-electron chi connectivity index (χ0n) is 7.82. The molecule has 0 saturated carbocycles. The second-order valence-electron chi connectivity index (χ2n) is 3.00. The molecule has 2 aromatic rings. The molecule has 0 amide bonds. The first kappa shape index (κ1) is 10.1. The lowest BCUT2D eigenvalue weighted by molar-refractivity contribution is 0.608. The second-order valence-corrected chi connectivity index (χ2v) is 3.27. The quantitative estimate of drug-likeness (QED) is 0.730. The standard InChI is InChI=1S/C11H8ClFN2/c12-6-11-9(13)3-4-10(15-11)8-2-1-5-14-7-8/h1-5,7H,6H2. The van der Waals surface area contributed by atoms with Crippen LogP contribution in [0.15, 0.2) is 36.7 Å². The summed E-state index contributed by atoms with van der Waals surface area (Å²) >= 11 is 5.57. The minimum Gasteiger partial charge on any atom is -0.264 e. The maximum Gasteiger partial charge on any atom is 0.145 e. The van der Waals surface area contributed by atoms with E-state index in [1.807, 2.05) is 6.07 Å². The molecule has 0 aliphatic carbocycles. The summed E-state index contributed by atoms with van der Waals surface area (Å²) in [6, 6.07) is 6.65. The number of alkyl halides is 1. The highest BCUT2D eigenvalue weighted by molar-refractivity contribution is 6.16. The van der Waals surface area contributed by atoms with Gasteiger partial charge in [0.2, 0.25) is 0 Å². The SMILES string of the molecule is Fc1ccc(-c2cccnc2)nc1CCl. The van der Waals surface area contributed by atoms with Crippen molar-refractivity contribution in [3.63, 3.8) is 0 Å². The van der Waals surface area contributed by atoms with Crippen LogP contribution in [0.1, 0.15) is 5.69 Å². The number of rotatable bonds is 2. The molecular weight excluding hydrogens is 215 g/mol. The molecule has 0 radical (unpaired) electrons. The molecule has 0 bridgehead atoms. The molecule has 0 atom stereocenters. The molecule has 2 nitrogen and oxygen atoms in total. The highest BCUT2D eigenvalue weighted by atomic mass is 35.5. The maximum atomic E-state index is 13.1. The highest BCUT2D eigenvalue weighted by Gasteiger charge is 2.05. The topological polar surface area (TPSA) is 25.8 Å². The van der Waals surface area contributed by atoms with Gasteiger partial charge in [0.1, 0.15) is 5.82 Å². The zero-order valence-corrected chi connectivity index (χ0v) is 8.58. The van der Waals surface area contributed by atoms with Gasteiger partial charge < -0.3 is 0 Å². The van der Waals surface area contributed by atoms with E-state index in [-0.39, 0.29) is 17.4 Å². The van der Waals surface area contributed by atoms with Gasteiger partial charge in [-0.15, -0.1) is 11.6 Å². The third kappa shape index (κ3) is 2.13. The van der Waals surface area contributed by atoms with Gasteiger partial charge in [0.25, 0.3) is 0 Å². The van der Waals surface area contributed by atoms with E-state index in [0.717, 1.165) is 5.56 Å². The van der Waals surface area contributed by atoms with E-state index in [9.17, 15) is 4.39 Å². The van der Waals surface area contributed by atoms with Crippen LogP contribution in [0.25, 0.3) is 11.3 Å². The molecule has 0 aliphatic rings. The Morgan fingerprint density at radius 1 is 1.27 bits per heavy atom. The Bertz CT molecular complexity index is 459. The van der Waals surface area contributed by atoms with Crippen molar-refractivity contribution in [2.45, 2.75) is 5.88 Å². The van der Waals surface area contributed by atoms with Crippen molar-refractivity contribution >= 4 is 11.6 Å². The summed E-state index contributed by atoms with van der Waals surface area (Å²) in [4.78, 5) is 8.09. The van der Waals surface area contributed by atoms with E-state index in [4.69, 9.17) is 11.6 Å². The number of hydrogen-bond acceptors (Lipinski definition) is 2. The van der Waals surface area contributed by atoms with Crippen LogP contribution < -0.4 is 0 Å². The van der Waals surface area contributed by atoms with Crippen LogP contribution in [0.3, 0.4) is 0 Å². The van der Waals surface area contributed by atoms with Crippen molar-refractivity contribution in [2.24, 2.45) is 0 Å². The van der Waals surface area contributed by atoms with Crippen LogP contribution in [-0.4, -0.2) is 9.97 Å². The number of nitrogens with zero attached hydrogens (tertiary/aromatic N) is 2. The van der Waals surface area contributed by atoms with Crippen LogP contribution in [-0.2, 0) is 5.88 Å². The van der Waals surface area contributed by atoms with Crippen molar-refractivity contribution in [2.75, 3.05) is 0 Å². The molecule has 2 rings (SSSR count). The van der Waals surface area contributed by atoms with E-state index in [1.165, 1.54) is 6.07 Å². The first-order chi connectivity index (χ1) is 7.31. The van der Waals surface area contributed by atoms with Crippen LogP contribution >= 0.6 is 11.6 Å². The molecular formula is C11H8ClFN2. The predicted molar refractivity (Wildman–Crippen MR) is 57.0 cm³/mol. The summed E-state index contributed by atoms with van der Waals surface area (Å²) in [5, 5.41) is 0. The van der Waals surface area contributed by atoms with Crippen LogP contribution in [0.2, 0.25) is 0 Å². The third-order valence-corrected chi connectivity index (χ3v) is 2.26. The summed E-state index contributed by atoms with van der Waals surface area (Å²) in [7, 11) is 0. The molecule has 76 valence electrons. The average molecular weight is 223 g/mol. The number of aromatic nitrogens is 2. The first-order valence-corrected chi connectivity index (χ1v) is 4.96. The summed E-state index contributed by atoms with van der Waals surface area (Å²) in [5.41, 5.74) is 1.79. The number of hydrogen-bond donors (Lipinski definition) is 0. The Kier molecular flexibility index (Phi) is 2.92. The smallest absolute Gasteiger partial charge is 0.145 e. The fourth-order valence-electron chi connectivity index (χ4n) is 1.25. The third-order valence-electron chi connectivity index (χ3n) is 2.00. The molecule has 2 heterocycles. The average Bonchev–Trinajstić information content (AvgIpc) is 2.31. The van der Waals surface area contributed by atoms with Crippen LogP contribution in [0, 0.1) is 5.82 Å². The van der Waals surface area contributed by atoms with Gasteiger partial charge in [-0.2, -0.15) is 0 Å². The van der Waals surface area contributed by atoms with E-state index < -0.39 is 0 Å². The predicted octanol–water partition coefficient (Wildman–Crippen LogP) is 3.02. The first-order valence-electron chi connectivity index (χ1n) is 4.43. The molecule has 0 fully saturated rings. The minimum absolute atomic E-state index is 0.0694. The Morgan fingerprint density at radius 3 is 2.80 bits per heavy atom. The summed E-state index contributed by atoms with van der Waals surface area (Å²) in [5.74, 6) is -0.308. The van der Waals surface area contributed by atoms with Crippen molar-refractivity contribution in [1.29, 1.82) is 0 Å². The lowest BCUT2D eigenvalue weighted by Crippen LogP contribution is -1.94. The Morgan fingerprint density at radius 2 is 2.13 bits per heavy atom. The number of halogens is 2. The zero-order chi connectivity index (χ0) is 10.7. The molecule has 2 aromatic heterocycles. The monoisotopic (exact) mass is 222 g/mol. The molecule has 0 saturated heterocycles. The Balaban J connectivity index is 2.46. The summed E-state index contributed by atoms with van der Waals surface area (Å²) in [6.07, 6.45) is 3.35. The maximum absolute atomic E-state index is 13.1. The molecule has 15 heavy (non-hydrogen) atoms. The fraction of sp³-hybridized carbons (Fsp3) is 0.0909. The summed E-state index contributed by atoms with van der Waals surface area (Å²) in [6.45, 7) is 0. The Hall–Kier alpha value is -1.48. The normalized spacial score (nSPS) is 10.3. The second kappa shape index (κ2) is 4.36. The van der Waals surface area contributed by atoms with E-state index in [1.54, 1.807) is 24.5 Å². The van der Waals surface area contributed by atoms with Crippen molar-refractivity contribution in [1.82, 2.24) is 9.97 Å². The molecule has 4 heteroatoms. The van der Waals surface area contributed by atoms with Gasteiger partial charge in [-0.3, -0.25) is 4.98 Å². The van der Waals surface area contributed by atoms with E-state index in [0.29, 0.717) is 5.69 Å². The molecule has 0 aliphatic heterocycles. The van der Waals surface area contributed by atoms with Gasteiger partial charge in [0.15, 0.2) is 0 Å². The van der Waals surface area contributed by atoms with Gasteiger partial charge in [0.05, 0.1) is 17.3 Å². The van der Waals surface area contributed by atoms with Crippen molar-refractivity contribution < 1.29 is 4.39 Å². The van der Waals surface area contributed by atoms with E-state index in [2.05, 4.69) is 9.97 Å². The van der Waals surface area contributed by atoms with Crippen molar-refractivity contribution in [3.05, 3.63) is 48.2 Å². The molecule has 0 spiro atoms. The fourth-order valence-corrected chi connectivity index (χ4v) is 1.44. The lowest BCUT2D eigenvalue weighted by atomic mass is 10.2. The van der Waals surface area contributed by atoms with E-state index >= 15 is 0 Å².